The largest absolute Gasteiger partial charge is 0.338 e. The molecule has 0 amide bonds. The summed E-state index contributed by atoms with van der Waals surface area (Å²) in [7, 11) is 0. The van der Waals surface area contributed by atoms with Crippen LogP contribution in [-0.4, -0.2) is 25.3 Å². The molecule has 0 aromatic carbocycles. The maximum absolute atomic E-state index is 5.22. The number of nitrogens with zero attached hydrogens (tertiary/aromatic N) is 4. The van der Waals surface area contributed by atoms with Gasteiger partial charge in [-0.15, -0.1) is 16.4 Å². The number of rotatable bonds is 6. The molecule has 0 unspecified atom stereocenters. The molecule has 0 radical (unpaired) electrons. The van der Waals surface area contributed by atoms with Gasteiger partial charge in [0.15, 0.2) is 11.6 Å². The summed E-state index contributed by atoms with van der Waals surface area (Å²) in [5.74, 6) is 3.25. The summed E-state index contributed by atoms with van der Waals surface area (Å²) in [6.45, 7) is 4.26. The van der Waals surface area contributed by atoms with Crippen molar-refractivity contribution < 1.29 is 4.52 Å². The summed E-state index contributed by atoms with van der Waals surface area (Å²) in [5.41, 5.74) is 0. The normalized spacial score (nSPS) is 11.4. The molecule has 0 aliphatic carbocycles. The summed E-state index contributed by atoms with van der Waals surface area (Å²) in [6, 6.07) is 4.00. The lowest BCUT2D eigenvalue weighted by atomic mass is 10.1. The molecule has 8 heteroatoms. The highest BCUT2D eigenvalue weighted by Crippen LogP contribution is 2.24. The quantitative estimate of drug-likeness (QED) is 0.701. The summed E-state index contributed by atoms with van der Waals surface area (Å²) >= 11 is 3.11. The first kappa shape index (κ1) is 14.3. The third kappa shape index (κ3) is 3.70. The minimum Gasteiger partial charge on any atom is -0.338 e. The highest BCUT2D eigenvalue weighted by Gasteiger charge is 2.11. The zero-order chi connectivity index (χ0) is 14.7. The highest BCUT2D eigenvalue weighted by molar-refractivity contribution is 7.98. The zero-order valence-electron chi connectivity index (χ0n) is 11.7. The Morgan fingerprint density at radius 3 is 3.05 bits per heavy atom. The molecule has 3 aromatic heterocycles. The van der Waals surface area contributed by atoms with Crippen molar-refractivity contribution in [3.8, 4) is 10.7 Å². The van der Waals surface area contributed by atoms with Gasteiger partial charge in [0.05, 0.1) is 10.6 Å². The van der Waals surface area contributed by atoms with E-state index in [1.807, 2.05) is 17.5 Å². The lowest BCUT2D eigenvalue weighted by molar-refractivity contribution is 0.382. The number of aromatic amines is 1. The second kappa shape index (κ2) is 6.40. The van der Waals surface area contributed by atoms with Crippen molar-refractivity contribution in [3.63, 3.8) is 0 Å². The molecule has 0 aliphatic rings. The van der Waals surface area contributed by atoms with Crippen LogP contribution in [-0.2, 0) is 12.2 Å². The first-order valence-electron chi connectivity index (χ1n) is 6.61. The smallest absolute Gasteiger partial charge is 0.237 e. The first-order chi connectivity index (χ1) is 10.2. The van der Waals surface area contributed by atoms with Crippen molar-refractivity contribution in [2.24, 2.45) is 5.92 Å². The molecule has 0 aliphatic heterocycles. The summed E-state index contributed by atoms with van der Waals surface area (Å²) in [6.07, 6.45) is 0.831. The van der Waals surface area contributed by atoms with Gasteiger partial charge >= 0.3 is 0 Å². The van der Waals surface area contributed by atoms with Crippen molar-refractivity contribution >= 4 is 23.1 Å². The number of H-pyrrole nitrogens is 1. The van der Waals surface area contributed by atoms with E-state index in [-0.39, 0.29) is 0 Å². The van der Waals surface area contributed by atoms with Gasteiger partial charge in [0.1, 0.15) is 0 Å². The van der Waals surface area contributed by atoms with Crippen LogP contribution in [0.2, 0.25) is 0 Å². The molecule has 3 aromatic rings. The zero-order valence-corrected chi connectivity index (χ0v) is 13.4. The predicted molar refractivity (Wildman–Crippen MR) is 82.1 cm³/mol. The van der Waals surface area contributed by atoms with Crippen LogP contribution in [0.1, 0.15) is 25.6 Å². The van der Waals surface area contributed by atoms with Crippen LogP contribution >= 0.6 is 23.1 Å². The van der Waals surface area contributed by atoms with E-state index in [0.717, 1.165) is 22.9 Å². The Kier molecular flexibility index (Phi) is 4.35. The Labute approximate surface area is 130 Å². The standard InChI is InChI=1S/C13H15N5OS2/c1-8(2)6-10-14-11(19-18-10)7-21-13-15-12(16-17-13)9-4-3-5-20-9/h3-5,8H,6-7H2,1-2H3,(H,15,16,17). The molecule has 0 saturated heterocycles. The molecule has 21 heavy (non-hydrogen) atoms. The average molecular weight is 321 g/mol. The summed E-state index contributed by atoms with van der Waals surface area (Å²) in [5, 5.41) is 13.8. The molecule has 0 spiro atoms. The number of thioether (sulfide) groups is 1. The molecule has 0 saturated carbocycles. The van der Waals surface area contributed by atoms with E-state index < -0.39 is 0 Å². The van der Waals surface area contributed by atoms with Gasteiger partial charge in [-0.05, 0) is 17.4 Å². The second-order valence-corrected chi connectivity index (χ2v) is 6.83. The molecule has 1 N–H and O–H groups in total. The molecular formula is C13H15N5OS2. The van der Waals surface area contributed by atoms with Crippen LogP contribution in [0, 0.1) is 5.92 Å². The number of thiophene rings is 1. The minimum absolute atomic E-state index is 0.518. The summed E-state index contributed by atoms with van der Waals surface area (Å²) < 4.78 is 5.22. The van der Waals surface area contributed by atoms with Crippen LogP contribution in [0.25, 0.3) is 10.7 Å². The maximum Gasteiger partial charge on any atom is 0.237 e. The molecule has 0 bridgehead atoms. The van der Waals surface area contributed by atoms with Crippen LogP contribution in [0.15, 0.2) is 27.2 Å². The topological polar surface area (TPSA) is 80.5 Å². The van der Waals surface area contributed by atoms with Crippen molar-refractivity contribution in [3.05, 3.63) is 29.2 Å². The summed E-state index contributed by atoms with van der Waals surface area (Å²) in [4.78, 5) is 9.88. The van der Waals surface area contributed by atoms with Crippen molar-refractivity contribution in [1.29, 1.82) is 0 Å². The fourth-order valence-corrected chi connectivity index (χ4v) is 3.06. The van der Waals surface area contributed by atoms with Gasteiger partial charge in [-0.25, -0.2) is 4.98 Å². The van der Waals surface area contributed by atoms with Gasteiger partial charge in [0, 0.05) is 6.42 Å². The average Bonchev–Trinajstić information content (AvgIpc) is 3.17. The lowest BCUT2D eigenvalue weighted by Crippen LogP contribution is -1.96. The third-order valence-electron chi connectivity index (χ3n) is 2.65. The van der Waals surface area contributed by atoms with Crippen molar-refractivity contribution in [2.75, 3.05) is 0 Å². The molecular weight excluding hydrogens is 306 g/mol. The van der Waals surface area contributed by atoms with E-state index in [1.165, 1.54) is 11.8 Å². The van der Waals surface area contributed by atoms with Gasteiger partial charge < -0.3 is 4.52 Å². The fraction of sp³-hybridized carbons (Fsp3) is 0.385. The van der Waals surface area contributed by atoms with E-state index in [2.05, 4.69) is 39.2 Å². The monoisotopic (exact) mass is 321 g/mol. The van der Waals surface area contributed by atoms with E-state index >= 15 is 0 Å². The number of nitrogens with one attached hydrogen (secondary N) is 1. The van der Waals surface area contributed by atoms with Crippen molar-refractivity contribution in [2.45, 2.75) is 31.2 Å². The Morgan fingerprint density at radius 2 is 2.29 bits per heavy atom. The van der Waals surface area contributed by atoms with Crippen LogP contribution < -0.4 is 0 Å². The molecule has 3 rings (SSSR count). The van der Waals surface area contributed by atoms with E-state index in [0.29, 0.717) is 22.7 Å². The van der Waals surface area contributed by atoms with E-state index in [4.69, 9.17) is 4.52 Å². The van der Waals surface area contributed by atoms with E-state index in [9.17, 15) is 0 Å². The Morgan fingerprint density at radius 1 is 1.38 bits per heavy atom. The van der Waals surface area contributed by atoms with Gasteiger partial charge in [0.25, 0.3) is 0 Å². The molecule has 6 nitrogen and oxygen atoms in total. The third-order valence-corrected chi connectivity index (χ3v) is 4.35. The van der Waals surface area contributed by atoms with Crippen LogP contribution in [0.4, 0.5) is 0 Å². The van der Waals surface area contributed by atoms with Gasteiger partial charge in [-0.1, -0.05) is 36.8 Å². The molecule has 3 heterocycles. The number of hydrogen-bond donors (Lipinski definition) is 1. The predicted octanol–water partition coefficient (Wildman–Crippen LogP) is 3.41. The lowest BCUT2D eigenvalue weighted by Gasteiger charge is -1.95. The fourth-order valence-electron chi connectivity index (χ4n) is 1.76. The van der Waals surface area contributed by atoms with Gasteiger partial charge in [-0.3, -0.25) is 5.10 Å². The van der Waals surface area contributed by atoms with Gasteiger partial charge in [0.2, 0.25) is 11.0 Å². The molecule has 0 fully saturated rings. The minimum atomic E-state index is 0.518. The number of aromatic nitrogens is 5. The Balaban J connectivity index is 1.59. The Bertz CT molecular complexity index is 689. The van der Waals surface area contributed by atoms with E-state index in [1.54, 1.807) is 11.3 Å². The first-order valence-corrected chi connectivity index (χ1v) is 8.48. The number of hydrogen-bond acceptors (Lipinski definition) is 7. The SMILES string of the molecule is CC(C)Cc1noc(CSc2n[nH]c(-c3cccs3)n2)n1. The Hall–Kier alpha value is -1.67. The highest BCUT2D eigenvalue weighted by atomic mass is 32.2. The molecule has 110 valence electrons. The molecule has 0 atom stereocenters. The van der Waals surface area contributed by atoms with Gasteiger partial charge in [-0.2, -0.15) is 4.98 Å². The van der Waals surface area contributed by atoms with Crippen LogP contribution in [0.5, 0.6) is 0 Å². The van der Waals surface area contributed by atoms with Crippen LogP contribution in [0.3, 0.4) is 0 Å². The van der Waals surface area contributed by atoms with Crippen molar-refractivity contribution in [1.82, 2.24) is 25.3 Å². The second-order valence-electron chi connectivity index (χ2n) is 4.93. The maximum atomic E-state index is 5.22.